The molecule has 0 amide bonds. The summed E-state index contributed by atoms with van der Waals surface area (Å²) in [5, 5.41) is 9.57. The minimum Gasteiger partial charge on any atom is -0.309 e. The summed E-state index contributed by atoms with van der Waals surface area (Å²) in [6, 6.07) is 62.5. The highest BCUT2D eigenvalue weighted by Crippen LogP contribution is 2.43. The molecule has 0 fully saturated rings. The molecule has 10 aromatic rings. The Balaban J connectivity index is 1.34. The third-order valence-corrected chi connectivity index (χ3v) is 9.75. The molecule has 0 aliphatic carbocycles. The lowest BCUT2D eigenvalue weighted by Crippen LogP contribution is -1.98. The predicted octanol–water partition coefficient (Wildman–Crippen LogP) is 12.0. The molecule has 0 spiro atoms. The predicted molar refractivity (Wildman–Crippen MR) is 205 cm³/mol. The first-order chi connectivity index (χ1) is 24.3. The largest absolute Gasteiger partial charge is 0.309 e. The van der Waals surface area contributed by atoms with E-state index in [0.29, 0.717) is 5.82 Å². The van der Waals surface area contributed by atoms with Crippen LogP contribution >= 0.6 is 0 Å². The van der Waals surface area contributed by atoms with E-state index < -0.39 is 0 Å². The van der Waals surface area contributed by atoms with Crippen molar-refractivity contribution in [2.45, 2.75) is 0 Å². The standard InChI is InChI=1S/C46H29N3/c1-3-15-31(16-4-1)46-47-39(37-23-13-25-42-44(37)38-22-11-12-24-41(38)49(42)34-18-5-2-6-19-34)29-40(48-46)45-36-21-10-8-17-32(36)28-33-27-26-30-14-7-9-20-35(30)43(33)45/h1-29H. The molecular formula is C46H29N3. The van der Waals surface area contributed by atoms with E-state index >= 15 is 0 Å². The van der Waals surface area contributed by atoms with Crippen LogP contribution in [-0.2, 0) is 0 Å². The number of aromatic nitrogens is 3. The second kappa shape index (κ2) is 11.0. The molecule has 10 rings (SSSR count). The van der Waals surface area contributed by atoms with Gasteiger partial charge >= 0.3 is 0 Å². The van der Waals surface area contributed by atoms with Crippen LogP contribution in [0.2, 0.25) is 0 Å². The Morgan fingerprint density at radius 1 is 0.388 bits per heavy atom. The van der Waals surface area contributed by atoms with Crippen molar-refractivity contribution in [1.29, 1.82) is 0 Å². The summed E-state index contributed by atoms with van der Waals surface area (Å²) < 4.78 is 2.36. The molecule has 0 unspecified atom stereocenters. The van der Waals surface area contributed by atoms with Crippen molar-refractivity contribution in [2.24, 2.45) is 0 Å². The van der Waals surface area contributed by atoms with E-state index in [1.54, 1.807) is 0 Å². The van der Waals surface area contributed by atoms with E-state index in [0.717, 1.165) is 39.3 Å². The summed E-state index contributed by atoms with van der Waals surface area (Å²) in [5.41, 5.74) is 8.45. The first-order valence-electron chi connectivity index (χ1n) is 16.7. The lowest BCUT2D eigenvalue weighted by molar-refractivity contribution is 1.18. The van der Waals surface area contributed by atoms with E-state index in [2.05, 4.69) is 174 Å². The fourth-order valence-electron chi connectivity index (χ4n) is 7.62. The van der Waals surface area contributed by atoms with Gasteiger partial charge in [0.2, 0.25) is 0 Å². The number of benzene rings is 8. The normalized spacial score (nSPS) is 11.7. The van der Waals surface area contributed by atoms with Crippen LogP contribution in [0.15, 0.2) is 176 Å². The molecule has 0 bridgehead atoms. The fraction of sp³-hybridized carbons (Fsp3) is 0. The van der Waals surface area contributed by atoms with Gasteiger partial charge in [-0.2, -0.15) is 0 Å². The first kappa shape index (κ1) is 27.5. The number of fused-ring (bicyclic) bond motifs is 7. The maximum Gasteiger partial charge on any atom is 0.160 e. The van der Waals surface area contributed by atoms with Crippen LogP contribution in [0.25, 0.3) is 93.7 Å². The Hall–Kier alpha value is -6.58. The topological polar surface area (TPSA) is 30.7 Å². The van der Waals surface area contributed by atoms with Crippen molar-refractivity contribution in [3.63, 3.8) is 0 Å². The Morgan fingerprint density at radius 3 is 1.86 bits per heavy atom. The highest BCUT2D eigenvalue weighted by Gasteiger charge is 2.20. The first-order valence-corrected chi connectivity index (χ1v) is 16.7. The van der Waals surface area contributed by atoms with Gasteiger partial charge < -0.3 is 4.57 Å². The highest BCUT2D eigenvalue weighted by atomic mass is 15.0. The molecule has 2 heterocycles. The van der Waals surface area contributed by atoms with Gasteiger partial charge in [0.25, 0.3) is 0 Å². The third-order valence-electron chi connectivity index (χ3n) is 9.75. The molecule has 0 aliphatic heterocycles. The smallest absolute Gasteiger partial charge is 0.160 e. The molecule has 0 saturated carbocycles. The molecule has 0 atom stereocenters. The molecule has 0 radical (unpaired) electrons. The Morgan fingerprint density at radius 2 is 1.02 bits per heavy atom. The van der Waals surface area contributed by atoms with Crippen LogP contribution in [0.3, 0.4) is 0 Å². The maximum atomic E-state index is 5.39. The van der Waals surface area contributed by atoms with Gasteiger partial charge in [-0.1, -0.05) is 140 Å². The molecular weight excluding hydrogens is 595 g/mol. The average Bonchev–Trinajstić information content (AvgIpc) is 3.52. The van der Waals surface area contributed by atoms with Crippen molar-refractivity contribution in [3.8, 4) is 39.6 Å². The number of rotatable bonds is 4. The van der Waals surface area contributed by atoms with E-state index in [9.17, 15) is 0 Å². The van der Waals surface area contributed by atoms with Crippen LogP contribution in [-0.4, -0.2) is 14.5 Å². The monoisotopic (exact) mass is 623 g/mol. The van der Waals surface area contributed by atoms with Crippen molar-refractivity contribution in [3.05, 3.63) is 176 Å². The molecule has 49 heavy (non-hydrogen) atoms. The number of hydrogen-bond acceptors (Lipinski definition) is 2. The van der Waals surface area contributed by atoms with Gasteiger partial charge in [0.1, 0.15) is 0 Å². The molecule has 8 aromatic carbocycles. The van der Waals surface area contributed by atoms with Gasteiger partial charge in [0.15, 0.2) is 5.82 Å². The summed E-state index contributed by atoms with van der Waals surface area (Å²) in [6.07, 6.45) is 0. The molecule has 0 aliphatic rings. The molecule has 3 nitrogen and oxygen atoms in total. The minimum atomic E-state index is 0.707. The van der Waals surface area contributed by atoms with E-state index in [-0.39, 0.29) is 0 Å². The van der Waals surface area contributed by atoms with Crippen LogP contribution in [0, 0.1) is 0 Å². The summed E-state index contributed by atoms with van der Waals surface area (Å²) in [5.74, 6) is 0.707. The van der Waals surface area contributed by atoms with Gasteiger partial charge in [-0.3, -0.25) is 0 Å². The zero-order valence-electron chi connectivity index (χ0n) is 26.6. The average molecular weight is 624 g/mol. The Labute approximate surface area is 283 Å². The van der Waals surface area contributed by atoms with Gasteiger partial charge in [-0.05, 0) is 68.7 Å². The minimum absolute atomic E-state index is 0.707. The van der Waals surface area contributed by atoms with Crippen molar-refractivity contribution in [1.82, 2.24) is 14.5 Å². The third kappa shape index (κ3) is 4.37. The van der Waals surface area contributed by atoms with E-state index in [1.165, 1.54) is 48.6 Å². The van der Waals surface area contributed by atoms with Crippen molar-refractivity contribution < 1.29 is 0 Å². The second-order valence-electron chi connectivity index (χ2n) is 12.6. The van der Waals surface area contributed by atoms with Crippen molar-refractivity contribution >= 4 is 54.1 Å². The maximum absolute atomic E-state index is 5.39. The zero-order valence-corrected chi connectivity index (χ0v) is 26.6. The van der Waals surface area contributed by atoms with Gasteiger partial charge in [0, 0.05) is 33.2 Å². The quantitative estimate of drug-likeness (QED) is 0.144. The molecule has 2 aromatic heterocycles. The van der Waals surface area contributed by atoms with Gasteiger partial charge in [-0.15, -0.1) is 0 Å². The highest BCUT2D eigenvalue weighted by molar-refractivity contribution is 6.22. The molecule has 0 N–H and O–H groups in total. The van der Waals surface area contributed by atoms with Crippen LogP contribution in [0.5, 0.6) is 0 Å². The summed E-state index contributed by atoms with van der Waals surface area (Å²) in [7, 11) is 0. The number of hydrogen-bond donors (Lipinski definition) is 0. The number of para-hydroxylation sites is 2. The Kier molecular flexibility index (Phi) is 6.18. The van der Waals surface area contributed by atoms with Gasteiger partial charge in [0.05, 0.1) is 22.4 Å². The second-order valence-corrected chi connectivity index (χ2v) is 12.6. The van der Waals surface area contributed by atoms with E-state index in [4.69, 9.17) is 9.97 Å². The van der Waals surface area contributed by atoms with Crippen LogP contribution in [0.4, 0.5) is 0 Å². The lowest BCUT2D eigenvalue weighted by Gasteiger charge is -2.16. The van der Waals surface area contributed by atoms with E-state index in [1.807, 2.05) is 6.07 Å². The molecule has 228 valence electrons. The summed E-state index contributed by atoms with van der Waals surface area (Å²) >= 11 is 0. The van der Waals surface area contributed by atoms with Crippen LogP contribution in [0.1, 0.15) is 0 Å². The summed E-state index contributed by atoms with van der Waals surface area (Å²) in [4.78, 5) is 10.7. The molecule has 3 heteroatoms. The van der Waals surface area contributed by atoms with Gasteiger partial charge in [-0.25, -0.2) is 9.97 Å². The summed E-state index contributed by atoms with van der Waals surface area (Å²) in [6.45, 7) is 0. The fourth-order valence-corrected chi connectivity index (χ4v) is 7.62. The van der Waals surface area contributed by atoms with Crippen LogP contribution < -0.4 is 0 Å². The number of nitrogens with zero attached hydrogens (tertiary/aromatic N) is 3. The lowest BCUT2D eigenvalue weighted by atomic mass is 9.90. The SMILES string of the molecule is c1ccc(-c2nc(-c3c4ccccc4cc4ccc5ccccc5c34)cc(-c3cccc4c3c3ccccc3n4-c3ccccc3)n2)cc1. The molecule has 0 saturated heterocycles. The zero-order chi connectivity index (χ0) is 32.3. The Bertz CT molecular complexity index is 2870. The van der Waals surface area contributed by atoms with Crippen molar-refractivity contribution in [2.75, 3.05) is 0 Å².